The van der Waals surface area contributed by atoms with Crippen molar-refractivity contribution in [1.29, 1.82) is 0 Å². The van der Waals surface area contributed by atoms with E-state index in [0.29, 0.717) is 0 Å². The number of benzene rings is 1. The van der Waals surface area contributed by atoms with Gasteiger partial charge in [0.1, 0.15) is 5.75 Å². The third-order valence-corrected chi connectivity index (χ3v) is 3.48. The first-order chi connectivity index (χ1) is 9.61. The lowest BCUT2D eigenvalue weighted by Crippen LogP contribution is -2.23. The molecule has 0 spiro atoms. The number of pyridine rings is 1. The summed E-state index contributed by atoms with van der Waals surface area (Å²) in [5.41, 5.74) is 3.46. The number of methoxy groups -OCH3 is 1. The summed E-state index contributed by atoms with van der Waals surface area (Å²) in [5.74, 6) is 0.920. The normalized spacial score (nSPS) is 13.8. The number of nitrogens with zero attached hydrogens (tertiary/aromatic N) is 1. The van der Waals surface area contributed by atoms with Crippen molar-refractivity contribution in [2.75, 3.05) is 7.11 Å². The zero-order valence-electron chi connectivity index (χ0n) is 12.6. The summed E-state index contributed by atoms with van der Waals surface area (Å²) < 4.78 is 5.45. The van der Waals surface area contributed by atoms with Crippen LogP contribution in [0.2, 0.25) is 0 Å². The highest BCUT2D eigenvalue weighted by atomic mass is 16.5. The Morgan fingerprint density at radius 3 is 2.55 bits per heavy atom. The zero-order chi connectivity index (χ0) is 14.5. The molecule has 1 aromatic heterocycles. The fourth-order valence-electron chi connectivity index (χ4n) is 2.37. The Morgan fingerprint density at radius 2 is 1.90 bits per heavy atom. The maximum Gasteiger partial charge on any atom is 0.123 e. The van der Waals surface area contributed by atoms with Crippen LogP contribution in [0.15, 0.2) is 42.6 Å². The number of rotatable bonds is 5. The van der Waals surface area contributed by atoms with Gasteiger partial charge in [-0.15, -0.1) is 0 Å². The van der Waals surface area contributed by atoms with Crippen LogP contribution in [0, 0.1) is 6.92 Å². The van der Waals surface area contributed by atoms with Crippen LogP contribution in [0.5, 0.6) is 5.75 Å². The van der Waals surface area contributed by atoms with Crippen molar-refractivity contribution in [3.05, 3.63) is 59.4 Å². The smallest absolute Gasteiger partial charge is 0.123 e. The molecule has 2 rings (SSSR count). The molecular formula is C17H22N2O. The Hall–Kier alpha value is -1.87. The molecule has 0 radical (unpaired) electrons. The second kappa shape index (κ2) is 6.53. The van der Waals surface area contributed by atoms with Crippen LogP contribution in [0.4, 0.5) is 0 Å². The van der Waals surface area contributed by atoms with Gasteiger partial charge in [-0.25, -0.2) is 0 Å². The molecule has 2 aromatic rings. The van der Waals surface area contributed by atoms with Crippen molar-refractivity contribution in [2.45, 2.75) is 32.9 Å². The Bertz CT molecular complexity index is 554. The lowest BCUT2D eigenvalue weighted by Gasteiger charge is -2.22. The van der Waals surface area contributed by atoms with Gasteiger partial charge >= 0.3 is 0 Å². The van der Waals surface area contributed by atoms with Crippen LogP contribution in [0.1, 0.15) is 42.8 Å². The van der Waals surface area contributed by atoms with Gasteiger partial charge < -0.3 is 10.1 Å². The standard InChI is InChI=1S/C17H22N2O/c1-12-8-9-17(20-4)15(11-12)13(2)19-14(3)16-7-5-6-10-18-16/h5-11,13-14,19H,1-4H3/t13?,14-/m0/s1. The molecule has 0 aliphatic heterocycles. The average molecular weight is 270 g/mol. The van der Waals surface area contributed by atoms with Crippen molar-refractivity contribution in [3.8, 4) is 5.75 Å². The lowest BCUT2D eigenvalue weighted by atomic mass is 10.0. The zero-order valence-corrected chi connectivity index (χ0v) is 12.6. The number of ether oxygens (including phenoxy) is 1. The van der Waals surface area contributed by atoms with E-state index < -0.39 is 0 Å². The highest BCUT2D eigenvalue weighted by Crippen LogP contribution is 2.27. The van der Waals surface area contributed by atoms with Gasteiger partial charge in [-0.3, -0.25) is 4.98 Å². The van der Waals surface area contributed by atoms with Gasteiger partial charge in [0.25, 0.3) is 0 Å². The van der Waals surface area contributed by atoms with Crippen LogP contribution in [0.3, 0.4) is 0 Å². The highest BCUT2D eigenvalue weighted by molar-refractivity contribution is 5.39. The molecule has 2 atom stereocenters. The van der Waals surface area contributed by atoms with Gasteiger partial charge in [0.2, 0.25) is 0 Å². The van der Waals surface area contributed by atoms with E-state index in [1.54, 1.807) is 7.11 Å². The SMILES string of the molecule is COc1ccc(C)cc1C(C)N[C@@H](C)c1ccccn1. The first-order valence-electron chi connectivity index (χ1n) is 6.93. The van der Waals surface area contributed by atoms with E-state index in [4.69, 9.17) is 4.74 Å². The fourth-order valence-corrected chi connectivity index (χ4v) is 2.37. The van der Waals surface area contributed by atoms with E-state index in [9.17, 15) is 0 Å². The van der Waals surface area contributed by atoms with Crippen LogP contribution in [0.25, 0.3) is 0 Å². The van der Waals surface area contributed by atoms with Crippen LogP contribution in [-0.4, -0.2) is 12.1 Å². The predicted octanol–water partition coefficient (Wildman–Crippen LogP) is 3.81. The molecular weight excluding hydrogens is 248 g/mol. The molecule has 0 amide bonds. The summed E-state index contributed by atoms with van der Waals surface area (Å²) in [6, 6.07) is 12.6. The third kappa shape index (κ3) is 3.36. The molecule has 0 fully saturated rings. The molecule has 106 valence electrons. The van der Waals surface area contributed by atoms with E-state index in [0.717, 1.165) is 11.4 Å². The van der Waals surface area contributed by atoms with Crippen molar-refractivity contribution >= 4 is 0 Å². The molecule has 0 bridgehead atoms. The van der Waals surface area contributed by atoms with Crippen LogP contribution < -0.4 is 10.1 Å². The second-order valence-electron chi connectivity index (χ2n) is 5.11. The van der Waals surface area contributed by atoms with E-state index >= 15 is 0 Å². The van der Waals surface area contributed by atoms with Crippen molar-refractivity contribution in [2.24, 2.45) is 0 Å². The van der Waals surface area contributed by atoms with Gasteiger partial charge in [-0.1, -0.05) is 23.8 Å². The molecule has 1 heterocycles. The Kier molecular flexibility index (Phi) is 4.74. The first-order valence-corrected chi connectivity index (χ1v) is 6.93. The minimum atomic E-state index is 0.191. The summed E-state index contributed by atoms with van der Waals surface area (Å²) in [7, 11) is 1.71. The van der Waals surface area contributed by atoms with Gasteiger partial charge in [0, 0.05) is 23.8 Å². The Morgan fingerprint density at radius 1 is 1.10 bits per heavy atom. The Labute approximate surface area is 121 Å². The Balaban J connectivity index is 2.16. The topological polar surface area (TPSA) is 34.1 Å². The van der Waals surface area contributed by atoms with Gasteiger partial charge in [0.05, 0.1) is 12.8 Å². The molecule has 20 heavy (non-hydrogen) atoms. The lowest BCUT2D eigenvalue weighted by molar-refractivity contribution is 0.395. The first kappa shape index (κ1) is 14.5. The van der Waals surface area contributed by atoms with Gasteiger partial charge in [-0.05, 0) is 39.0 Å². The van der Waals surface area contributed by atoms with E-state index in [-0.39, 0.29) is 12.1 Å². The van der Waals surface area contributed by atoms with Gasteiger partial charge in [-0.2, -0.15) is 0 Å². The summed E-state index contributed by atoms with van der Waals surface area (Å²) in [6.07, 6.45) is 1.82. The van der Waals surface area contributed by atoms with E-state index in [1.165, 1.54) is 11.1 Å². The molecule has 0 aliphatic carbocycles. The van der Waals surface area contributed by atoms with Crippen molar-refractivity contribution in [1.82, 2.24) is 10.3 Å². The van der Waals surface area contributed by atoms with Gasteiger partial charge in [0.15, 0.2) is 0 Å². The number of hydrogen-bond acceptors (Lipinski definition) is 3. The maximum atomic E-state index is 5.45. The van der Waals surface area contributed by atoms with Crippen molar-refractivity contribution in [3.63, 3.8) is 0 Å². The summed E-state index contributed by atoms with van der Waals surface area (Å²) >= 11 is 0. The number of aryl methyl sites for hydroxylation is 1. The van der Waals surface area contributed by atoms with Crippen LogP contribution in [-0.2, 0) is 0 Å². The highest BCUT2D eigenvalue weighted by Gasteiger charge is 2.15. The van der Waals surface area contributed by atoms with E-state index in [1.807, 2.05) is 30.5 Å². The molecule has 0 aliphatic rings. The monoisotopic (exact) mass is 270 g/mol. The largest absolute Gasteiger partial charge is 0.496 e. The number of hydrogen-bond donors (Lipinski definition) is 1. The predicted molar refractivity (Wildman–Crippen MR) is 81.9 cm³/mol. The van der Waals surface area contributed by atoms with Crippen LogP contribution >= 0.6 is 0 Å². The molecule has 1 unspecified atom stereocenters. The molecule has 1 N–H and O–H groups in total. The number of nitrogens with one attached hydrogen (secondary N) is 1. The quantitative estimate of drug-likeness (QED) is 0.897. The number of aromatic nitrogens is 1. The fraction of sp³-hybridized carbons (Fsp3) is 0.353. The summed E-state index contributed by atoms with van der Waals surface area (Å²) in [5, 5.41) is 3.57. The van der Waals surface area contributed by atoms with Crippen molar-refractivity contribution < 1.29 is 4.74 Å². The molecule has 3 heteroatoms. The third-order valence-electron chi connectivity index (χ3n) is 3.48. The summed E-state index contributed by atoms with van der Waals surface area (Å²) in [6.45, 7) is 6.37. The summed E-state index contributed by atoms with van der Waals surface area (Å²) in [4.78, 5) is 4.39. The minimum Gasteiger partial charge on any atom is -0.496 e. The maximum absolute atomic E-state index is 5.45. The molecule has 0 saturated heterocycles. The average Bonchev–Trinajstić information content (AvgIpc) is 2.48. The second-order valence-corrected chi connectivity index (χ2v) is 5.11. The molecule has 1 aromatic carbocycles. The molecule has 0 saturated carbocycles. The molecule has 3 nitrogen and oxygen atoms in total. The minimum absolute atomic E-state index is 0.191. The van der Waals surface area contributed by atoms with E-state index in [2.05, 4.69) is 43.2 Å².